The summed E-state index contributed by atoms with van der Waals surface area (Å²) in [5.74, 6) is -0.937. The van der Waals surface area contributed by atoms with Gasteiger partial charge in [-0.3, -0.25) is 14.6 Å². The zero-order valence-electron chi connectivity index (χ0n) is 10.1. The average Bonchev–Trinajstić information content (AvgIpc) is 2.16. The number of aliphatic carboxylic acids is 1. The molecule has 0 bridgehead atoms. The van der Waals surface area contributed by atoms with Crippen molar-refractivity contribution in [2.45, 2.75) is 32.4 Å². The number of carbonyl (C=O) groups is 1. The van der Waals surface area contributed by atoms with Crippen molar-refractivity contribution in [3.8, 4) is 0 Å². The van der Waals surface area contributed by atoms with E-state index in [1.165, 1.54) is 0 Å². The predicted octanol–water partition coefficient (Wildman–Crippen LogP) is -0.152. The van der Waals surface area contributed by atoms with Crippen LogP contribution in [0.15, 0.2) is 0 Å². The molecule has 0 radical (unpaired) electrons. The maximum atomic E-state index is 10.4. The van der Waals surface area contributed by atoms with E-state index in [-0.39, 0.29) is 6.42 Å². The van der Waals surface area contributed by atoms with Crippen LogP contribution in [0.5, 0.6) is 0 Å². The van der Waals surface area contributed by atoms with Gasteiger partial charge in [-0.15, -0.1) is 0 Å². The number of carboxylic acid groups (broad SMARTS) is 1. The summed E-state index contributed by atoms with van der Waals surface area (Å²) in [5, 5.41) is 18.1. The summed E-state index contributed by atoms with van der Waals surface area (Å²) in [6, 6.07) is 0.482. The lowest BCUT2D eigenvalue weighted by Gasteiger charge is -2.39. The highest BCUT2D eigenvalue weighted by Crippen LogP contribution is 2.09. The molecule has 1 heterocycles. The number of likely N-dealkylation sites (N-methyl/N-ethyl adjacent to an activating group) is 1. The molecule has 94 valence electrons. The van der Waals surface area contributed by atoms with Gasteiger partial charge in [-0.1, -0.05) is 6.92 Å². The predicted molar refractivity (Wildman–Crippen MR) is 61.4 cm³/mol. The van der Waals surface area contributed by atoms with Gasteiger partial charge in [0.15, 0.2) is 0 Å². The Kier molecular flexibility index (Phi) is 5.18. The van der Waals surface area contributed by atoms with Gasteiger partial charge in [-0.2, -0.15) is 0 Å². The molecule has 2 unspecified atom stereocenters. The van der Waals surface area contributed by atoms with Gasteiger partial charge in [0.25, 0.3) is 0 Å². The Hall–Kier alpha value is -0.650. The monoisotopic (exact) mass is 230 g/mol. The lowest BCUT2D eigenvalue weighted by Crippen LogP contribution is -2.53. The van der Waals surface area contributed by atoms with Crippen molar-refractivity contribution in [1.82, 2.24) is 9.80 Å². The molecular weight excluding hydrogens is 208 g/mol. The second-order valence-electron chi connectivity index (χ2n) is 4.49. The van der Waals surface area contributed by atoms with Crippen LogP contribution >= 0.6 is 0 Å². The van der Waals surface area contributed by atoms with E-state index in [1.807, 2.05) is 0 Å². The van der Waals surface area contributed by atoms with Crippen LogP contribution in [0, 0.1) is 0 Å². The van der Waals surface area contributed by atoms with E-state index in [4.69, 9.17) is 5.11 Å². The van der Waals surface area contributed by atoms with Gasteiger partial charge < -0.3 is 10.2 Å². The van der Waals surface area contributed by atoms with Crippen molar-refractivity contribution in [2.24, 2.45) is 0 Å². The first-order valence-corrected chi connectivity index (χ1v) is 5.89. The van der Waals surface area contributed by atoms with Crippen LogP contribution < -0.4 is 0 Å². The molecule has 0 aromatic rings. The normalized spacial score (nSPS) is 25.6. The van der Waals surface area contributed by atoms with Gasteiger partial charge in [0.05, 0.1) is 12.5 Å². The Morgan fingerprint density at radius 2 is 2.19 bits per heavy atom. The molecule has 0 aliphatic carbocycles. The van der Waals surface area contributed by atoms with E-state index < -0.39 is 12.1 Å². The molecule has 5 nitrogen and oxygen atoms in total. The number of hydrogen-bond acceptors (Lipinski definition) is 4. The Morgan fingerprint density at radius 1 is 1.50 bits per heavy atom. The van der Waals surface area contributed by atoms with E-state index in [0.717, 1.165) is 26.2 Å². The number of carboxylic acids is 1. The zero-order valence-corrected chi connectivity index (χ0v) is 10.1. The zero-order chi connectivity index (χ0) is 12.1. The van der Waals surface area contributed by atoms with Gasteiger partial charge in [0.1, 0.15) is 0 Å². The second-order valence-corrected chi connectivity index (χ2v) is 4.49. The smallest absolute Gasteiger partial charge is 0.306 e. The molecule has 2 N–H and O–H groups in total. The Bertz CT molecular complexity index is 235. The second kappa shape index (κ2) is 6.18. The van der Waals surface area contributed by atoms with Crippen LogP contribution in [-0.2, 0) is 4.79 Å². The van der Waals surface area contributed by atoms with E-state index >= 15 is 0 Å². The van der Waals surface area contributed by atoms with Gasteiger partial charge >= 0.3 is 5.97 Å². The first-order valence-electron chi connectivity index (χ1n) is 5.89. The van der Waals surface area contributed by atoms with Crippen LogP contribution in [0.3, 0.4) is 0 Å². The molecule has 1 aliphatic heterocycles. The highest BCUT2D eigenvalue weighted by molar-refractivity contribution is 5.67. The fraction of sp³-hybridized carbons (Fsp3) is 0.909. The van der Waals surface area contributed by atoms with E-state index in [0.29, 0.717) is 12.6 Å². The number of β-amino-alcohol motifs (C(OH)–C–C–N with tert-alkyl or cyclic N) is 1. The standard InChI is InChI=1S/C11H22N2O3/c1-3-13-5-4-12(7-9(13)2)8-10(14)6-11(15)16/h9-10,14H,3-8H2,1-2H3,(H,15,16). The summed E-state index contributed by atoms with van der Waals surface area (Å²) >= 11 is 0. The highest BCUT2D eigenvalue weighted by Gasteiger charge is 2.24. The number of piperazine rings is 1. The topological polar surface area (TPSA) is 64.0 Å². The van der Waals surface area contributed by atoms with Crippen LogP contribution in [-0.4, -0.2) is 70.9 Å². The highest BCUT2D eigenvalue weighted by atomic mass is 16.4. The molecule has 0 aromatic heterocycles. The maximum Gasteiger partial charge on any atom is 0.306 e. The minimum atomic E-state index is -0.937. The van der Waals surface area contributed by atoms with Gasteiger partial charge in [0, 0.05) is 32.2 Å². The third-order valence-corrected chi connectivity index (χ3v) is 3.13. The molecule has 1 aliphatic rings. The van der Waals surface area contributed by atoms with Crippen molar-refractivity contribution in [3.05, 3.63) is 0 Å². The first kappa shape index (κ1) is 13.4. The van der Waals surface area contributed by atoms with Crippen LogP contribution in [0.2, 0.25) is 0 Å². The van der Waals surface area contributed by atoms with Gasteiger partial charge in [-0.25, -0.2) is 0 Å². The molecule has 0 spiro atoms. The Morgan fingerprint density at radius 3 is 2.69 bits per heavy atom. The van der Waals surface area contributed by atoms with Gasteiger partial charge in [0.2, 0.25) is 0 Å². The SMILES string of the molecule is CCN1CCN(CC(O)CC(=O)O)CC1C. The van der Waals surface area contributed by atoms with Crippen molar-refractivity contribution in [1.29, 1.82) is 0 Å². The molecule has 0 saturated carbocycles. The third kappa shape index (κ3) is 4.08. The van der Waals surface area contributed by atoms with E-state index in [9.17, 15) is 9.90 Å². The molecule has 2 atom stereocenters. The molecule has 0 aromatic carbocycles. The average molecular weight is 230 g/mol. The summed E-state index contributed by atoms with van der Waals surface area (Å²) in [5.41, 5.74) is 0. The van der Waals surface area contributed by atoms with Crippen molar-refractivity contribution >= 4 is 5.97 Å². The van der Waals surface area contributed by atoms with Crippen LogP contribution in [0.4, 0.5) is 0 Å². The molecule has 1 rings (SSSR count). The number of aliphatic hydroxyl groups excluding tert-OH is 1. The summed E-state index contributed by atoms with van der Waals surface area (Å²) in [6.07, 6.45) is -0.916. The summed E-state index contributed by atoms with van der Waals surface area (Å²) in [4.78, 5) is 15.0. The largest absolute Gasteiger partial charge is 0.481 e. The molecular formula is C11H22N2O3. The molecule has 16 heavy (non-hydrogen) atoms. The van der Waals surface area contributed by atoms with Gasteiger partial charge in [-0.05, 0) is 13.5 Å². The lowest BCUT2D eigenvalue weighted by atomic mass is 10.1. The summed E-state index contributed by atoms with van der Waals surface area (Å²) in [6.45, 7) is 8.64. The Labute approximate surface area is 96.7 Å². The van der Waals surface area contributed by atoms with Crippen molar-refractivity contribution < 1.29 is 15.0 Å². The molecule has 0 amide bonds. The third-order valence-electron chi connectivity index (χ3n) is 3.13. The summed E-state index contributed by atoms with van der Waals surface area (Å²) in [7, 11) is 0. The van der Waals surface area contributed by atoms with Crippen LogP contribution in [0.1, 0.15) is 20.3 Å². The van der Waals surface area contributed by atoms with E-state index in [1.54, 1.807) is 0 Å². The van der Waals surface area contributed by atoms with Crippen molar-refractivity contribution in [3.63, 3.8) is 0 Å². The van der Waals surface area contributed by atoms with Crippen LogP contribution in [0.25, 0.3) is 0 Å². The number of aliphatic hydroxyl groups is 1. The fourth-order valence-corrected chi connectivity index (χ4v) is 2.27. The van der Waals surface area contributed by atoms with Crippen molar-refractivity contribution in [2.75, 3.05) is 32.7 Å². The fourth-order valence-electron chi connectivity index (χ4n) is 2.27. The Balaban J connectivity index is 2.32. The quantitative estimate of drug-likeness (QED) is 0.687. The number of rotatable bonds is 5. The van der Waals surface area contributed by atoms with E-state index in [2.05, 4.69) is 23.6 Å². The summed E-state index contributed by atoms with van der Waals surface area (Å²) < 4.78 is 0. The minimum Gasteiger partial charge on any atom is -0.481 e. The number of nitrogens with zero attached hydrogens (tertiary/aromatic N) is 2. The number of hydrogen-bond donors (Lipinski definition) is 2. The minimum absolute atomic E-state index is 0.164. The molecule has 1 fully saturated rings. The molecule has 1 saturated heterocycles. The molecule has 5 heteroatoms. The maximum absolute atomic E-state index is 10.4. The lowest BCUT2D eigenvalue weighted by molar-refractivity contribution is -0.139. The first-order chi connectivity index (χ1) is 7.52.